The van der Waals surface area contributed by atoms with Crippen LogP contribution < -0.4 is 0 Å². The largest absolute Gasteiger partial charge is 0.465 e. The zero-order valence-corrected chi connectivity index (χ0v) is 12.7. The Morgan fingerprint density at radius 2 is 2.00 bits per heavy atom. The first kappa shape index (κ1) is 16.5. The van der Waals surface area contributed by atoms with Crippen LogP contribution in [0.4, 0.5) is 0 Å². The second-order valence-electron chi connectivity index (χ2n) is 4.40. The molecule has 0 bridgehead atoms. The maximum Gasteiger partial charge on any atom is 0.316 e. The standard InChI is InChI=1S/C16H20O3S/c1-4-6-14(16(18)19-5-2)15(17)11-20-13-9-7-12(3)8-10-13/h4,7-10,14H,1,5-6,11H2,2-3H3. The van der Waals surface area contributed by atoms with E-state index in [9.17, 15) is 9.59 Å². The molecule has 0 saturated heterocycles. The molecule has 0 radical (unpaired) electrons. The van der Waals surface area contributed by atoms with Crippen LogP contribution in [0, 0.1) is 12.8 Å². The normalized spacial score (nSPS) is 11.7. The first-order valence-corrected chi connectivity index (χ1v) is 7.56. The third-order valence-corrected chi connectivity index (χ3v) is 3.80. The van der Waals surface area contributed by atoms with Gasteiger partial charge in [0.05, 0.1) is 12.4 Å². The molecule has 3 nitrogen and oxygen atoms in total. The Labute approximate surface area is 124 Å². The summed E-state index contributed by atoms with van der Waals surface area (Å²) in [6.07, 6.45) is 1.90. The lowest BCUT2D eigenvalue weighted by atomic mass is 10.0. The van der Waals surface area contributed by atoms with E-state index in [1.165, 1.54) is 17.3 Å². The summed E-state index contributed by atoms with van der Waals surface area (Å²) in [6.45, 7) is 7.61. The van der Waals surface area contributed by atoms with E-state index < -0.39 is 11.9 Å². The van der Waals surface area contributed by atoms with Crippen molar-refractivity contribution in [1.82, 2.24) is 0 Å². The van der Waals surface area contributed by atoms with Gasteiger partial charge in [0.15, 0.2) is 5.78 Å². The number of allylic oxidation sites excluding steroid dienone is 1. The lowest BCUT2D eigenvalue weighted by Crippen LogP contribution is -2.27. The van der Waals surface area contributed by atoms with Gasteiger partial charge in [-0.1, -0.05) is 23.8 Å². The predicted octanol–water partition coefficient (Wildman–Crippen LogP) is 3.41. The molecule has 1 aromatic carbocycles. The molecule has 0 spiro atoms. The Balaban J connectivity index is 2.59. The van der Waals surface area contributed by atoms with E-state index in [4.69, 9.17) is 4.74 Å². The molecule has 108 valence electrons. The first-order valence-electron chi connectivity index (χ1n) is 6.58. The highest BCUT2D eigenvalue weighted by Gasteiger charge is 2.26. The lowest BCUT2D eigenvalue weighted by molar-refractivity contribution is -0.150. The number of rotatable bonds is 8. The van der Waals surface area contributed by atoms with Gasteiger partial charge in [-0.15, -0.1) is 18.3 Å². The molecule has 1 rings (SSSR count). The summed E-state index contributed by atoms with van der Waals surface area (Å²) in [5.74, 6) is -1.04. The molecule has 4 heteroatoms. The minimum Gasteiger partial charge on any atom is -0.465 e. The van der Waals surface area contributed by atoms with Crippen molar-refractivity contribution in [2.24, 2.45) is 5.92 Å². The Morgan fingerprint density at radius 1 is 1.35 bits per heavy atom. The molecule has 0 heterocycles. The lowest BCUT2D eigenvalue weighted by Gasteiger charge is -2.12. The fourth-order valence-electron chi connectivity index (χ4n) is 1.66. The highest BCUT2D eigenvalue weighted by atomic mass is 32.2. The number of ketones is 1. The molecular formula is C16H20O3S. The van der Waals surface area contributed by atoms with Crippen molar-refractivity contribution in [3.05, 3.63) is 42.5 Å². The summed E-state index contributed by atoms with van der Waals surface area (Å²) in [5.41, 5.74) is 1.18. The highest BCUT2D eigenvalue weighted by Crippen LogP contribution is 2.21. The zero-order valence-electron chi connectivity index (χ0n) is 11.9. The van der Waals surface area contributed by atoms with E-state index in [2.05, 4.69) is 6.58 Å². The summed E-state index contributed by atoms with van der Waals surface area (Å²) < 4.78 is 4.93. The van der Waals surface area contributed by atoms with Crippen LogP contribution in [0.5, 0.6) is 0 Å². The van der Waals surface area contributed by atoms with Gasteiger partial charge in [0.25, 0.3) is 0 Å². The van der Waals surface area contributed by atoms with Gasteiger partial charge in [0, 0.05) is 4.90 Å². The molecular weight excluding hydrogens is 272 g/mol. The van der Waals surface area contributed by atoms with Crippen LogP contribution >= 0.6 is 11.8 Å². The van der Waals surface area contributed by atoms with Crippen LogP contribution in [-0.4, -0.2) is 24.1 Å². The van der Waals surface area contributed by atoms with Crippen molar-refractivity contribution < 1.29 is 14.3 Å². The monoisotopic (exact) mass is 292 g/mol. The van der Waals surface area contributed by atoms with Crippen molar-refractivity contribution in [3.8, 4) is 0 Å². The number of esters is 1. The maximum atomic E-state index is 12.1. The van der Waals surface area contributed by atoms with Crippen molar-refractivity contribution >= 4 is 23.5 Å². The molecule has 0 amide bonds. The van der Waals surface area contributed by atoms with Crippen LogP contribution in [0.15, 0.2) is 41.8 Å². The second kappa shape index (κ2) is 8.59. The molecule has 0 aliphatic carbocycles. The smallest absolute Gasteiger partial charge is 0.316 e. The van der Waals surface area contributed by atoms with Gasteiger partial charge in [0.1, 0.15) is 5.92 Å². The van der Waals surface area contributed by atoms with Gasteiger partial charge in [-0.3, -0.25) is 9.59 Å². The van der Waals surface area contributed by atoms with Crippen LogP contribution in [0.2, 0.25) is 0 Å². The molecule has 1 aromatic rings. The summed E-state index contributed by atoms with van der Waals surface area (Å²) >= 11 is 1.44. The fraction of sp³-hybridized carbons (Fsp3) is 0.375. The van der Waals surface area contributed by atoms with E-state index in [1.807, 2.05) is 31.2 Å². The minimum absolute atomic E-state index is 0.117. The Kier molecular flexibility index (Phi) is 7.09. The number of hydrogen-bond donors (Lipinski definition) is 0. The molecule has 0 N–H and O–H groups in total. The summed E-state index contributed by atoms with van der Waals surface area (Å²) in [7, 11) is 0. The minimum atomic E-state index is -0.731. The molecule has 0 fully saturated rings. The van der Waals surface area contributed by atoms with E-state index >= 15 is 0 Å². The van der Waals surface area contributed by atoms with Crippen molar-refractivity contribution in [2.75, 3.05) is 12.4 Å². The number of benzene rings is 1. The predicted molar refractivity (Wildman–Crippen MR) is 81.8 cm³/mol. The number of hydrogen-bond acceptors (Lipinski definition) is 4. The summed E-state index contributed by atoms with van der Waals surface area (Å²) in [4.78, 5) is 24.9. The molecule has 1 atom stereocenters. The Bertz CT molecular complexity index is 465. The van der Waals surface area contributed by atoms with Crippen molar-refractivity contribution in [2.45, 2.75) is 25.2 Å². The van der Waals surface area contributed by atoms with Crippen molar-refractivity contribution in [3.63, 3.8) is 0 Å². The molecule has 0 saturated carbocycles. The van der Waals surface area contributed by atoms with Gasteiger partial charge in [-0.05, 0) is 32.4 Å². The third kappa shape index (κ3) is 5.21. The molecule has 0 aliphatic heterocycles. The maximum absolute atomic E-state index is 12.1. The summed E-state index contributed by atoms with van der Waals surface area (Å²) in [5, 5.41) is 0. The van der Waals surface area contributed by atoms with Crippen LogP contribution in [0.3, 0.4) is 0 Å². The average Bonchev–Trinajstić information content (AvgIpc) is 2.44. The number of Topliss-reactive ketones (excluding diaryl/α,β-unsaturated/α-hetero) is 1. The first-order chi connectivity index (χ1) is 9.58. The fourth-order valence-corrected chi connectivity index (χ4v) is 2.50. The quantitative estimate of drug-likeness (QED) is 0.319. The molecule has 0 aromatic heterocycles. The Morgan fingerprint density at radius 3 is 2.55 bits per heavy atom. The van der Waals surface area contributed by atoms with Gasteiger partial charge < -0.3 is 4.74 Å². The van der Waals surface area contributed by atoms with Crippen molar-refractivity contribution in [1.29, 1.82) is 0 Å². The van der Waals surface area contributed by atoms with E-state index in [-0.39, 0.29) is 18.1 Å². The van der Waals surface area contributed by atoms with Gasteiger partial charge in [-0.2, -0.15) is 0 Å². The average molecular weight is 292 g/mol. The molecule has 20 heavy (non-hydrogen) atoms. The zero-order chi connectivity index (χ0) is 15.0. The summed E-state index contributed by atoms with van der Waals surface area (Å²) in [6, 6.07) is 7.94. The number of ether oxygens (including phenoxy) is 1. The van der Waals surface area contributed by atoms with Gasteiger partial charge in [0.2, 0.25) is 0 Å². The highest BCUT2D eigenvalue weighted by molar-refractivity contribution is 8.00. The van der Waals surface area contributed by atoms with Gasteiger partial charge >= 0.3 is 5.97 Å². The van der Waals surface area contributed by atoms with Crippen LogP contribution in [0.1, 0.15) is 18.9 Å². The second-order valence-corrected chi connectivity index (χ2v) is 5.45. The number of aryl methyl sites for hydroxylation is 1. The van der Waals surface area contributed by atoms with E-state index in [0.29, 0.717) is 6.42 Å². The SMILES string of the molecule is C=CCC(C(=O)CSc1ccc(C)cc1)C(=O)OCC. The topological polar surface area (TPSA) is 43.4 Å². The van der Waals surface area contributed by atoms with E-state index in [0.717, 1.165) is 4.90 Å². The Hall–Kier alpha value is -1.55. The van der Waals surface area contributed by atoms with Crippen LogP contribution in [0.25, 0.3) is 0 Å². The van der Waals surface area contributed by atoms with Gasteiger partial charge in [-0.25, -0.2) is 0 Å². The third-order valence-electron chi connectivity index (χ3n) is 2.76. The number of carbonyl (C=O) groups is 2. The van der Waals surface area contributed by atoms with Crippen LogP contribution in [-0.2, 0) is 14.3 Å². The molecule has 0 aliphatic rings. The number of carbonyl (C=O) groups excluding carboxylic acids is 2. The van der Waals surface area contributed by atoms with E-state index in [1.54, 1.807) is 13.0 Å². The molecule has 1 unspecified atom stereocenters. The number of thioether (sulfide) groups is 1.